The van der Waals surface area contributed by atoms with E-state index in [4.69, 9.17) is 16.7 Å². The van der Waals surface area contributed by atoms with Gasteiger partial charge in [0.05, 0.1) is 11.3 Å². The predicted octanol–water partition coefficient (Wildman–Crippen LogP) is 3.01. The Labute approximate surface area is 126 Å². The number of benzene rings is 1. The zero-order valence-corrected chi connectivity index (χ0v) is 12.5. The van der Waals surface area contributed by atoms with Gasteiger partial charge in [-0.1, -0.05) is 18.5 Å². The predicted molar refractivity (Wildman–Crippen MR) is 80.9 cm³/mol. The number of aromatic carboxylic acids is 1. The van der Waals surface area contributed by atoms with Crippen molar-refractivity contribution in [3.63, 3.8) is 0 Å². The van der Waals surface area contributed by atoms with E-state index >= 15 is 0 Å². The molecule has 1 saturated heterocycles. The molecule has 0 radical (unpaired) electrons. The fourth-order valence-electron chi connectivity index (χ4n) is 2.00. The Balaban J connectivity index is 2.13. The highest BCUT2D eigenvalue weighted by molar-refractivity contribution is 7.99. The Kier molecular flexibility index (Phi) is 4.77. The molecule has 1 aliphatic heterocycles. The molecule has 2 amide bonds. The average Bonchev–Trinajstić information content (AvgIpc) is 2.40. The molecule has 5 nitrogen and oxygen atoms in total. The van der Waals surface area contributed by atoms with Crippen molar-refractivity contribution in [2.45, 2.75) is 12.2 Å². The zero-order valence-electron chi connectivity index (χ0n) is 10.9. The van der Waals surface area contributed by atoms with E-state index in [1.165, 1.54) is 12.1 Å². The Bertz CT molecular complexity index is 538. The molecule has 1 aliphatic rings. The van der Waals surface area contributed by atoms with Gasteiger partial charge in [-0.05, 0) is 18.2 Å². The van der Waals surface area contributed by atoms with E-state index in [2.05, 4.69) is 12.2 Å². The first kappa shape index (κ1) is 15.0. The van der Waals surface area contributed by atoms with Crippen LogP contribution in [0.1, 0.15) is 17.3 Å². The molecule has 0 bridgehead atoms. The Morgan fingerprint density at radius 1 is 1.50 bits per heavy atom. The number of carbonyl (C=O) groups excluding carboxylic acids is 1. The quantitative estimate of drug-likeness (QED) is 0.880. The van der Waals surface area contributed by atoms with Gasteiger partial charge in [-0.3, -0.25) is 0 Å². The third-order valence-corrected chi connectivity index (χ3v) is 4.35. The second kappa shape index (κ2) is 6.37. The second-order valence-corrected chi connectivity index (χ2v) is 6.54. The van der Waals surface area contributed by atoms with Gasteiger partial charge in [0.25, 0.3) is 0 Å². The Morgan fingerprint density at radius 2 is 2.25 bits per heavy atom. The summed E-state index contributed by atoms with van der Waals surface area (Å²) in [5.74, 6) is -0.230. The summed E-state index contributed by atoms with van der Waals surface area (Å²) in [4.78, 5) is 25.0. The van der Waals surface area contributed by atoms with Crippen LogP contribution in [-0.2, 0) is 0 Å². The van der Waals surface area contributed by atoms with Gasteiger partial charge in [0, 0.05) is 29.1 Å². The number of carboxylic acid groups (broad SMARTS) is 1. The number of halogens is 1. The molecule has 0 aliphatic carbocycles. The molecular formula is C13H15ClN2O3S. The number of urea groups is 1. The van der Waals surface area contributed by atoms with Gasteiger partial charge in [-0.2, -0.15) is 11.8 Å². The molecule has 1 unspecified atom stereocenters. The molecule has 0 saturated carbocycles. The number of anilines is 1. The summed E-state index contributed by atoms with van der Waals surface area (Å²) in [5, 5.41) is 12.5. The summed E-state index contributed by atoms with van der Waals surface area (Å²) in [6.45, 7) is 3.39. The first-order valence-electron chi connectivity index (χ1n) is 6.17. The highest BCUT2D eigenvalue weighted by atomic mass is 35.5. The standard InChI is InChI=1S/C13H15ClN2O3S/c1-8-7-16(4-5-20-8)13(19)15-11-3-2-9(14)6-10(11)12(17)18/h2-3,6,8H,4-5,7H2,1H3,(H,15,19)(H,17,18). The molecule has 1 atom stereocenters. The van der Waals surface area contributed by atoms with Crippen LogP contribution in [0.15, 0.2) is 18.2 Å². The lowest BCUT2D eigenvalue weighted by Crippen LogP contribution is -2.43. The van der Waals surface area contributed by atoms with Gasteiger partial charge >= 0.3 is 12.0 Å². The summed E-state index contributed by atoms with van der Waals surface area (Å²) >= 11 is 7.60. The first-order valence-corrected chi connectivity index (χ1v) is 7.60. The summed E-state index contributed by atoms with van der Waals surface area (Å²) < 4.78 is 0. The number of thioether (sulfide) groups is 1. The van der Waals surface area contributed by atoms with Crippen LogP contribution in [0.3, 0.4) is 0 Å². The number of rotatable bonds is 2. The number of nitrogens with one attached hydrogen (secondary N) is 1. The van der Waals surface area contributed by atoms with E-state index in [-0.39, 0.29) is 17.3 Å². The zero-order chi connectivity index (χ0) is 14.7. The van der Waals surface area contributed by atoms with Crippen LogP contribution in [0.25, 0.3) is 0 Å². The van der Waals surface area contributed by atoms with Gasteiger partial charge in [0.15, 0.2) is 0 Å². The van der Waals surface area contributed by atoms with E-state index in [0.717, 1.165) is 5.75 Å². The van der Waals surface area contributed by atoms with Crippen molar-refractivity contribution in [3.05, 3.63) is 28.8 Å². The minimum Gasteiger partial charge on any atom is -0.478 e. The minimum atomic E-state index is -1.12. The maximum Gasteiger partial charge on any atom is 0.337 e. The van der Waals surface area contributed by atoms with E-state index in [1.54, 1.807) is 11.0 Å². The third-order valence-electron chi connectivity index (χ3n) is 2.98. The molecule has 1 fully saturated rings. The Hall–Kier alpha value is -1.40. The van der Waals surface area contributed by atoms with E-state index < -0.39 is 5.97 Å². The number of hydrogen-bond donors (Lipinski definition) is 2. The molecular weight excluding hydrogens is 300 g/mol. The molecule has 108 valence electrons. The third kappa shape index (κ3) is 3.58. The van der Waals surface area contributed by atoms with Crippen LogP contribution in [0.5, 0.6) is 0 Å². The highest BCUT2D eigenvalue weighted by Gasteiger charge is 2.22. The lowest BCUT2D eigenvalue weighted by atomic mass is 10.2. The molecule has 20 heavy (non-hydrogen) atoms. The summed E-state index contributed by atoms with van der Waals surface area (Å²) in [6.07, 6.45) is 0. The van der Waals surface area contributed by atoms with Gasteiger partial charge < -0.3 is 15.3 Å². The van der Waals surface area contributed by atoms with Crippen LogP contribution >= 0.6 is 23.4 Å². The number of hydrogen-bond acceptors (Lipinski definition) is 3. The van der Waals surface area contributed by atoms with Crippen LogP contribution < -0.4 is 5.32 Å². The van der Waals surface area contributed by atoms with Crippen molar-refractivity contribution in [1.29, 1.82) is 0 Å². The minimum absolute atomic E-state index is 0.00900. The van der Waals surface area contributed by atoms with Crippen molar-refractivity contribution in [3.8, 4) is 0 Å². The van der Waals surface area contributed by atoms with E-state index in [0.29, 0.717) is 23.4 Å². The normalized spacial score (nSPS) is 18.7. The molecule has 7 heteroatoms. The van der Waals surface area contributed by atoms with E-state index in [9.17, 15) is 9.59 Å². The molecule has 0 spiro atoms. The summed E-state index contributed by atoms with van der Waals surface area (Å²) in [7, 11) is 0. The SMILES string of the molecule is CC1CN(C(=O)Nc2ccc(Cl)cc2C(=O)O)CCS1. The molecule has 1 heterocycles. The monoisotopic (exact) mass is 314 g/mol. The van der Waals surface area contributed by atoms with Crippen molar-refractivity contribution in [2.24, 2.45) is 0 Å². The lowest BCUT2D eigenvalue weighted by Gasteiger charge is -2.30. The van der Waals surface area contributed by atoms with Gasteiger partial charge in [0.1, 0.15) is 0 Å². The largest absolute Gasteiger partial charge is 0.478 e. The van der Waals surface area contributed by atoms with Gasteiger partial charge in [-0.25, -0.2) is 9.59 Å². The molecule has 0 aromatic heterocycles. The molecule has 2 N–H and O–H groups in total. The van der Waals surface area contributed by atoms with Crippen LogP contribution in [0, 0.1) is 0 Å². The second-order valence-electron chi connectivity index (χ2n) is 4.55. The molecule has 1 aromatic carbocycles. The first-order chi connectivity index (χ1) is 9.47. The van der Waals surface area contributed by atoms with Crippen LogP contribution in [0.2, 0.25) is 5.02 Å². The number of carboxylic acids is 1. The molecule has 1 aromatic rings. The molecule has 2 rings (SSSR count). The summed E-state index contributed by atoms with van der Waals surface area (Å²) in [6, 6.07) is 4.11. The highest BCUT2D eigenvalue weighted by Crippen LogP contribution is 2.23. The van der Waals surface area contributed by atoms with Crippen molar-refractivity contribution in [2.75, 3.05) is 24.2 Å². The van der Waals surface area contributed by atoms with Crippen molar-refractivity contribution < 1.29 is 14.7 Å². The topological polar surface area (TPSA) is 69.6 Å². The van der Waals surface area contributed by atoms with Crippen molar-refractivity contribution >= 4 is 41.1 Å². The number of nitrogens with zero attached hydrogens (tertiary/aromatic N) is 1. The van der Waals surface area contributed by atoms with Crippen LogP contribution in [-0.4, -0.2) is 46.1 Å². The Morgan fingerprint density at radius 3 is 2.90 bits per heavy atom. The maximum atomic E-state index is 12.2. The lowest BCUT2D eigenvalue weighted by molar-refractivity contribution is 0.0698. The number of amides is 2. The fraction of sp³-hybridized carbons (Fsp3) is 0.385. The van der Waals surface area contributed by atoms with Gasteiger partial charge in [-0.15, -0.1) is 0 Å². The van der Waals surface area contributed by atoms with Gasteiger partial charge in [0.2, 0.25) is 0 Å². The van der Waals surface area contributed by atoms with Crippen molar-refractivity contribution in [1.82, 2.24) is 4.90 Å². The number of carbonyl (C=O) groups is 2. The maximum absolute atomic E-state index is 12.2. The smallest absolute Gasteiger partial charge is 0.337 e. The van der Waals surface area contributed by atoms with Crippen LogP contribution in [0.4, 0.5) is 10.5 Å². The average molecular weight is 315 g/mol. The van der Waals surface area contributed by atoms with E-state index in [1.807, 2.05) is 11.8 Å². The fourth-order valence-corrected chi connectivity index (χ4v) is 3.19. The summed E-state index contributed by atoms with van der Waals surface area (Å²) in [5.41, 5.74) is 0.253.